The number of aromatic nitrogens is 3. The molecule has 0 N–H and O–H groups in total. The summed E-state index contributed by atoms with van der Waals surface area (Å²) in [4.78, 5) is 15.5. The number of hydrogen-bond acceptors (Lipinski definition) is 4. The summed E-state index contributed by atoms with van der Waals surface area (Å²) in [5.74, 6) is 1.71. The summed E-state index contributed by atoms with van der Waals surface area (Å²) < 4.78 is 2.16. The molecule has 4 heterocycles. The van der Waals surface area contributed by atoms with Crippen molar-refractivity contribution in [3.05, 3.63) is 158 Å². The second-order valence-electron chi connectivity index (χ2n) is 12.2. The molecule has 49 heavy (non-hydrogen) atoms. The van der Waals surface area contributed by atoms with E-state index in [-0.39, 0.29) is 20.4 Å². The van der Waals surface area contributed by atoms with E-state index < -0.39 is 8.80 Å². The molecule has 0 unspecified atom stereocenters. The Kier molecular flexibility index (Phi) is 7.97. The Hall–Kier alpha value is -5.32. The van der Waals surface area contributed by atoms with Gasteiger partial charge in [-0.1, -0.05) is 125 Å². The molecule has 5 nitrogen and oxygen atoms in total. The van der Waals surface area contributed by atoms with E-state index in [0.29, 0.717) is 0 Å². The van der Waals surface area contributed by atoms with Gasteiger partial charge in [0.25, 0.3) is 0 Å². The van der Waals surface area contributed by atoms with Crippen LogP contribution < -0.4 is 29.9 Å². The van der Waals surface area contributed by atoms with Gasteiger partial charge in [-0.25, -0.2) is 9.97 Å². The molecule has 0 spiro atoms. The quantitative estimate of drug-likeness (QED) is 0.0821. The second kappa shape index (κ2) is 12.6. The van der Waals surface area contributed by atoms with Gasteiger partial charge >= 0.3 is 0 Å². The van der Waals surface area contributed by atoms with Gasteiger partial charge < -0.3 is 4.90 Å². The van der Waals surface area contributed by atoms with Crippen molar-refractivity contribution in [1.82, 2.24) is 9.97 Å². The fourth-order valence-electron chi connectivity index (χ4n) is 7.11. The summed E-state index contributed by atoms with van der Waals surface area (Å²) >= 11 is 0. The van der Waals surface area contributed by atoms with E-state index in [2.05, 4.69) is 186 Å². The summed E-state index contributed by atoms with van der Waals surface area (Å²) in [7, 11) is 2.86. The molecule has 0 saturated heterocycles. The molecule has 0 aliphatic carbocycles. The van der Waals surface area contributed by atoms with Gasteiger partial charge in [0.05, 0.1) is 22.6 Å². The van der Waals surface area contributed by atoms with Crippen molar-refractivity contribution < 1.29 is 25.0 Å². The van der Waals surface area contributed by atoms with Gasteiger partial charge in [0.2, 0.25) is 0 Å². The number of nitrogens with zero attached hydrogens (tertiary/aromatic N) is 5. The predicted octanol–water partition coefficient (Wildman–Crippen LogP) is 7.06. The number of rotatable bonds is 5. The van der Waals surface area contributed by atoms with E-state index in [1.54, 1.807) is 0 Å². The van der Waals surface area contributed by atoms with Crippen LogP contribution in [0, 0.1) is 0 Å². The number of aryl methyl sites for hydroxylation is 1. The Morgan fingerprint density at radius 2 is 1.33 bits per heavy atom. The van der Waals surface area contributed by atoms with Crippen molar-refractivity contribution in [1.29, 1.82) is 0 Å². The van der Waals surface area contributed by atoms with Gasteiger partial charge in [-0.3, -0.25) is 9.47 Å². The normalized spacial score (nSPS) is 12.2. The van der Waals surface area contributed by atoms with E-state index in [4.69, 9.17) is 9.97 Å². The molecule has 9 rings (SSSR count). The first-order chi connectivity index (χ1) is 23.7. The van der Waals surface area contributed by atoms with E-state index in [9.17, 15) is 0 Å². The molecule has 0 atom stereocenters. The maximum atomic E-state index is 5.62. The predicted molar refractivity (Wildman–Crippen MR) is 200 cm³/mol. The number of pyridine rings is 2. The minimum atomic E-state index is -1.36. The molecule has 5 aromatic carbocycles. The van der Waals surface area contributed by atoms with Crippen LogP contribution >= 0.6 is 0 Å². The minimum absolute atomic E-state index is 0. The average molecular weight is 741 g/mol. The van der Waals surface area contributed by atoms with Crippen LogP contribution in [0.3, 0.4) is 0 Å². The summed E-state index contributed by atoms with van der Waals surface area (Å²) in [5, 5.41) is 6.27. The Bertz CT molecular complexity index is 2420. The topological polar surface area (TPSA) is 36.1 Å². The molecular weight excluding hydrogens is 709 g/mol. The molecule has 0 fully saturated rings. The van der Waals surface area contributed by atoms with Gasteiger partial charge in [-0.2, -0.15) is 0 Å². The Labute approximate surface area is 301 Å². The molecule has 7 heteroatoms. The van der Waals surface area contributed by atoms with Crippen LogP contribution in [-0.4, -0.2) is 25.8 Å². The number of fused-ring (bicyclic) bond motifs is 4. The van der Waals surface area contributed by atoms with Crippen LogP contribution in [0.15, 0.2) is 158 Å². The van der Waals surface area contributed by atoms with Crippen LogP contribution in [0.25, 0.3) is 33.1 Å². The molecule has 1 radical (unpaired) electrons. The van der Waals surface area contributed by atoms with Crippen molar-refractivity contribution in [3.8, 4) is 11.3 Å². The Morgan fingerprint density at radius 1 is 0.653 bits per heavy atom. The summed E-state index contributed by atoms with van der Waals surface area (Å²) in [6.45, 7) is 0. The molecule has 1 aliphatic rings. The molecule has 0 saturated carbocycles. The fraction of sp³-hybridized carbons (Fsp3) is 0.0476. The van der Waals surface area contributed by atoms with Gasteiger partial charge in [0, 0.05) is 38.6 Å². The standard InChI is InChI=1S/C42H32N5Si.Pd/c1-45-27-26-33-32(19-12-23-35(33)45)34-20-13-25-40(43-34)47-37-22-10-9-21-36(37)46(2)38-28-29-14-11-24-39(41(29)44-42(38)47)48(30-15-5-3-6-16-30)31-17-7-4-8-18-31;/h3-28H,1-2H3;. The SMILES string of the molecule is CN1c2ccccc2N(c2cccc(-c3cccc4c3[cH-]c[n+]4C)n2)c2nc3c([Si](c4ccccc4)c4ccccc4)cccc3cc21.[Pd]. The van der Waals surface area contributed by atoms with Crippen LogP contribution in [0.5, 0.6) is 0 Å². The molecule has 0 amide bonds. The number of para-hydroxylation sites is 3. The zero-order valence-corrected chi connectivity index (χ0v) is 29.6. The third-order valence-electron chi connectivity index (χ3n) is 9.43. The number of benzene rings is 5. The third-order valence-corrected chi connectivity index (χ3v) is 12.2. The number of hydrogen-bond donors (Lipinski definition) is 0. The first-order valence-electron chi connectivity index (χ1n) is 16.2. The van der Waals surface area contributed by atoms with E-state index in [1.165, 1.54) is 26.5 Å². The van der Waals surface area contributed by atoms with Crippen LogP contribution in [0.1, 0.15) is 0 Å². The van der Waals surface area contributed by atoms with Gasteiger partial charge in [-0.15, -0.1) is 11.5 Å². The molecule has 239 valence electrons. The fourth-order valence-corrected chi connectivity index (χ4v) is 9.82. The van der Waals surface area contributed by atoms with Crippen molar-refractivity contribution in [3.63, 3.8) is 0 Å². The number of anilines is 5. The first-order valence-corrected chi connectivity index (χ1v) is 17.7. The smallest absolute Gasteiger partial charge is 0.163 e. The van der Waals surface area contributed by atoms with Crippen LogP contribution in [0.2, 0.25) is 0 Å². The van der Waals surface area contributed by atoms with Gasteiger partial charge in [0.1, 0.15) is 24.6 Å². The average Bonchev–Trinajstić information content (AvgIpc) is 3.53. The second-order valence-corrected chi connectivity index (χ2v) is 14.7. The maximum Gasteiger partial charge on any atom is 0.163 e. The maximum absolute atomic E-state index is 5.62. The minimum Gasteiger partial charge on any atom is -0.340 e. The first kappa shape index (κ1) is 31.0. The summed E-state index contributed by atoms with van der Waals surface area (Å²) in [5.41, 5.74) is 7.47. The monoisotopic (exact) mass is 740 g/mol. The van der Waals surface area contributed by atoms with Gasteiger partial charge in [-0.05, 0) is 41.6 Å². The van der Waals surface area contributed by atoms with Crippen molar-refractivity contribution in [2.75, 3.05) is 16.8 Å². The molecule has 1 aliphatic heterocycles. The molecule has 0 bridgehead atoms. The summed E-state index contributed by atoms with van der Waals surface area (Å²) in [6.07, 6.45) is 2.11. The van der Waals surface area contributed by atoms with Crippen LogP contribution in [0.4, 0.5) is 28.7 Å². The zero-order valence-electron chi connectivity index (χ0n) is 27.1. The largest absolute Gasteiger partial charge is 0.340 e. The van der Waals surface area contributed by atoms with Crippen molar-refractivity contribution in [2.24, 2.45) is 7.05 Å². The van der Waals surface area contributed by atoms with E-state index in [1.807, 2.05) is 0 Å². The molecular formula is C42H32N5PdSi. The zero-order chi connectivity index (χ0) is 32.2. The van der Waals surface area contributed by atoms with E-state index in [0.717, 1.165) is 50.9 Å². The van der Waals surface area contributed by atoms with Gasteiger partial charge in [0.15, 0.2) is 14.6 Å². The molecule has 3 aromatic heterocycles. The van der Waals surface area contributed by atoms with E-state index >= 15 is 0 Å². The molecule has 8 aromatic rings. The third kappa shape index (κ3) is 5.19. The Morgan fingerprint density at radius 3 is 2.08 bits per heavy atom. The van der Waals surface area contributed by atoms with Crippen molar-refractivity contribution >= 4 is 74.9 Å². The van der Waals surface area contributed by atoms with Crippen molar-refractivity contribution in [2.45, 2.75) is 0 Å². The Balaban J connectivity index is 0.00000348. The summed E-state index contributed by atoms with van der Waals surface area (Å²) in [6, 6.07) is 54.2. The van der Waals surface area contributed by atoms with Crippen LogP contribution in [-0.2, 0) is 27.5 Å².